The molecule has 3 nitrogen and oxygen atoms in total. The summed E-state index contributed by atoms with van der Waals surface area (Å²) in [4.78, 5) is 3.74. The standard InChI is InChI=1S/C14H15FN2O/c1-18-10-12-5-2-4-11(8-12)9-16-14-7-3-6-13(15)17-14/h2-8H,9-10H2,1H3,(H,16,17). The van der Waals surface area contributed by atoms with E-state index in [9.17, 15) is 4.39 Å². The van der Waals surface area contributed by atoms with E-state index in [1.165, 1.54) is 6.07 Å². The molecule has 0 spiro atoms. The third-order valence-corrected chi connectivity index (χ3v) is 2.49. The molecule has 0 saturated carbocycles. The largest absolute Gasteiger partial charge is 0.380 e. The minimum atomic E-state index is -0.479. The maximum Gasteiger partial charge on any atom is 0.214 e. The van der Waals surface area contributed by atoms with E-state index in [0.717, 1.165) is 11.1 Å². The third kappa shape index (κ3) is 3.53. The van der Waals surface area contributed by atoms with E-state index < -0.39 is 5.95 Å². The average molecular weight is 246 g/mol. The van der Waals surface area contributed by atoms with Gasteiger partial charge in [0.25, 0.3) is 0 Å². The second-order valence-corrected chi connectivity index (χ2v) is 3.95. The first-order chi connectivity index (χ1) is 8.78. The average Bonchev–Trinajstić information content (AvgIpc) is 2.37. The zero-order valence-electron chi connectivity index (χ0n) is 10.2. The lowest BCUT2D eigenvalue weighted by molar-refractivity contribution is 0.185. The molecule has 1 N–H and O–H groups in total. The van der Waals surface area contributed by atoms with Crippen LogP contribution in [0.3, 0.4) is 0 Å². The highest BCUT2D eigenvalue weighted by atomic mass is 19.1. The first kappa shape index (κ1) is 12.5. The van der Waals surface area contributed by atoms with E-state index in [4.69, 9.17) is 4.74 Å². The highest BCUT2D eigenvalue weighted by Crippen LogP contribution is 2.09. The van der Waals surface area contributed by atoms with Crippen molar-refractivity contribution in [1.29, 1.82) is 0 Å². The number of benzene rings is 1. The van der Waals surface area contributed by atoms with Crippen molar-refractivity contribution in [2.24, 2.45) is 0 Å². The van der Waals surface area contributed by atoms with Crippen molar-refractivity contribution in [2.75, 3.05) is 12.4 Å². The van der Waals surface area contributed by atoms with Gasteiger partial charge in [0.1, 0.15) is 5.82 Å². The molecule has 4 heteroatoms. The third-order valence-electron chi connectivity index (χ3n) is 2.49. The van der Waals surface area contributed by atoms with Gasteiger partial charge in [0.05, 0.1) is 6.61 Å². The Labute approximate surface area is 106 Å². The van der Waals surface area contributed by atoms with Gasteiger partial charge >= 0.3 is 0 Å². The Hall–Kier alpha value is -1.94. The zero-order chi connectivity index (χ0) is 12.8. The fourth-order valence-corrected chi connectivity index (χ4v) is 1.70. The lowest BCUT2D eigenvalue weighted by Gasteiger charge is -2.07. The van der Waals surface area contributed by atoms with Crippen LogP contribution in [0.4, 0.5) is 10.2 Å². The van der Waals surface area contributed by atoms with Crippen LogP contribution in [0.5, 0.6) is 0 Å². The maximum atomic E-state index is 12.9. The maximum absolute atomic E-state index is 12.9. The van der Waals surface area contributed by atoms with Crippen LogP contribution in [0.25, 0.3) is 0 Å². The number of rotatable bonds is 5. The van der Waals surface area contributed by atoms with Gasteiger partial charge in [-0.05, 0) is 23.3 Å². The summed E-state index contributed by atoms with van der Waals surface area (Å²) in [5, 5.41) is 3.08. The highest BCUT2D eigenvalue weighted by Gasteiger charge is 1.98. The zero-order valence-corrected chi connectivity index (χ0v) is 10.2. The molecule has 0 saturated heterocycles. The van der Waals surface area contributed by atoms with Crippen molar-refractivity contribution < 1.29 is 9.13 Å². The molecule has 0 aliphatic heterocycles. The quantitative estimate of drug-likeness (QED) is 0.823. The molecule has 18 heavy (non-hydrogen) atoms. The second kappa shape index (κ2) is 6.12. The van der Waals surface area contributed by atoms with Crippen molar-refractivity contribution in [3.63, 3.8) is 0 Å². The fourth-order valence-electron chi connectivity index (χ4n) is 1.70. The van der Waals surface area contributed by atoms with Crippen LogP contribution in [-0.4, -0.2) is 12.1 Å². The molecular weight excluding hydrogens is 231 g/mol. The van der Waals surface area contributed by atoms with E-state index in [1.807, 2.05) is 18.2 Å². The number of nitrogens with zero attached hydrogens (tertiary/aromatic N) is 1. The molecule has 0 unspecified atom stereocenters. The number of pyridine rings is 1. The fraction of sp³-hybridized carbons (Fsp3) is 0.214. The molecule has 0 bridgehead atoms. The van der Waals surface area contributed by atoms with Gasteiger partial charge in [-0.1, -0.05) is 30.3 Å². The number of hydrogen-bond donors (Lipinski definition) is 1. The minimum Gasteiger partial charge on any atom is -0.380 e. The van der Waals surface area contributed by atoms with Crippen molar-refractivity contribution >= 4 is 5.82 Å². The summed E-state index contributed by atoms with van der Waals surface area (Å²) in [6.45, 7) is 1.19. The highest BCUT2D eigenvalue weighted by molar-refractivity contribution is 5.35. The normalized spacial score (nSPS) is 10.3. The second-order valence-electron chi connectivity index (χ2n) is 3.95. The van der Waals surface area contributed by atoms with Gasteiger partial charge in [-0.15, -0.1) is 0 Å². The Kier molecular flexibility index (Phi) is 4.25. The number of halogens is 1. The Morgan fingerprint density at radius 2 is 1.94 bits per heavy atom. The van der Waals surface area contributed by atoms with Gasteiger partial charge in [0.2, 0.25) is 5.95 Å². The molecule has 0 atom stereocenters. The molecule has 2 aromatic rings. The monoisotopic (exact) mass is 246 g/mol. The number of aromatic nitrogens is 1. The van der Waals surface area contributed by atoms with Gasteiger partial charge in [0, 0.05) is 13.7 Å². The number of anilines is 1. The smallest absolute Gasteiger partial charge is 0.214 e. The molecule has 0 amide bonds. The summed E-state index contributed by atoms with van der Waals surface area (Å²) in [5.74, 6) is 0.0558. The summed E-state index contributed by atoms with van der Waals surface area (Å²) < 4.78 is 18.0. The van der Waals surface area contributed by atoms with Gasteiger partial charge in [-0.3, -0.25) is 0 Å². The van der Waals surface area contributed by atoms with Crippen molar-refractivity contribution in [1.82, 2.24) is 4.98 Å². The lowest BCUT2D eigenvalue weighted by atomic mass is 10.1. The summed E-state index contributed by atoms with van der Waals surface area (Å²) in [5.41, 5.74) is 2.22. The van der Waals surface area contributed by atoms with E-state index >= 15 is 0 Å². The minimum absolute atomic E-state index is 0.479. The van der Waals surface area contributed by atoms with E-state index in [2.05, 4.69) is 16.4 Å². The van der Waals surface area contributed by atoms with Crippen LogP contribution in [0.15, 0.2) is 42.5 Å². The Balaban J connectivity index is 1.99. The van der Waals surface area contributed by atoms with Gasteiger partial charge in [-0.2, -0.15) is 4.39 Å². The Morgan fingerprint density at radius 1 is 1.17 bits per heavy atom. The summed E-state index contributed by atoms with van der Waals surface area (Å²) in [7, 11) is 1.67. The summed E-state index contributed by atoms with van der Waals surface area (Å²) >= 11 is 0. The van der Waals surface area contributed by atoms with Crippen molar-refractivity contribution in [3.8, 4) is 0 Å². The molecule has 1 aromatic heterocycles. The molecule has 2 rings (SSSR count). The van der Waals surface area contributed by atoms with Crippen LogP contribution in [-0.2, 0) is 17.9 Å². The van der Waals surface area contributed by atoms with Gasteiger partial charge in [-0.25, -0.2) is 4.98 Å². The number of methoxy groups -OCH3 is 1. The molecular formula is C14H15FN2O. The molecule has 1 heterocycles. The molecule has 1 aromatic carbocycles. The van der Waals surface area contributed by atoms with Crippen LogP contribution < -0.4 is 5.32 Å². The Bertz CT molecular complexity index is 517. The molecule has 0 fully saturated rings. The van der Waals surface area contributed by atoms with Gasteiger partial charge < -0.3 is 10.1 Å². The number of hydrogen-bond acceptors (Lipinski definition) is 3. The van der Waals surface area contributed by atoms with E-state index in [-0.39, 0.29) is 0 Å². The molecule has 0 aliphatic carbocycles. The van der Waals surface area contributed by atoms with E-state index in [1.54, 1.807) is 19.2 Å². The van der Waals surface area contributed by atoms with Crippen LogP contribution in [0.1, 0.15) is 11.1 Å². The lowest BCUT2D eigenvalue weighted by Crippen LogP contribution is -2.02. The first-order valence-electron chi connectivity index (χ1n) is 5.71. The summed E-state index contributed by atoms with van der Waals surface area (Å²) in [6, 6.07) is 12.7. The topological polar surface area (TPSA) is 34.1 Å². The predicted molar refractivity (Wildman–Crippen MR) is 68.7 cm³/mol. The predicted octanol–water partition coefficient (Wildman–Crippen LogP) is 2.98. The SMILES string of the molecule is COCc1cccc(CNc2cccc(F)n2)c1. The summed E-state index contributed by atoms with van der Waals surface area (Å²) in [6.07, 6.45) is 0. The van der Waals surface area contributed by atoms with Crippen molar-refractivity contribution in [3.05, 3.63) is 59.5 Å². The van der Waals surface area contributed by atoms with Crippen LogP contribution in [0.2, 0.25) is 0 Å². The molecule has 0 radical (unpaired) electrons. The number of ether oxygens (including phenoxy) is 1. The molecule has 94 valence electrons. The van der Waals surface area contributed by atoms with Gasteiger partial charge in [0.15, 0.2) is 0 Å². The number of nitrogens with one attached hydrogen (secondary N) is 1. The van der Waals surface area contributed by atoms with Crippen molar-refractivity contribution in [2.45, 2.75) is 13.2 Å². The molecule has 0 aliphatic rings. The Morgan fingerprint density at radius 3 is 2.72 bits per heavy atom. The first-order valence-corrected chi connectivity index (χ1v) is 5.71. The van der Waals surface area contributed by atoms with Crippen LogP contribution in [0, 0.1) is 5.95 Å². The van der Waals surface area contributed by atoms with E-state index in [0.29, 0.717) is 19.0 Å². The van der Waals surface area contributed by atoms with Crippen LogP contribution >= 0.6 is 0 Å².